The highest BCUT2D eigenvalue weighted by Crippen LogP contribution is 2.40. The van der Waals surface area contributed by atoms with Crippen LogP contribution in [0.25, 0.3) is 0 Å². The number of nitrogens with zero attached hydrogens (tertiary/aromatic N) is 3. The smallest absolute Gasteiger partial charge is 0.416 e. The minimum Gasteiger partial charge on any atom is -0.465 e. The highest BCUT2D eigenvalue weighted by Gasteiger charge is 2.40. The van der Waals surface area contributed by atoms with Gasteiger partial charge in [0.15, 0.2) is 5.17 Å². The number of aryl methyl sites for hydroxylation is 1. The summed E-state index contributed by atoms with van der Waals surface area (Å²) in [5.41, 5.74) is 1.22. The number of amides is 1. The molecule has 1 aromatic rings. The summed E-state index contributed by atoms with van der Waals surface area (Å²) in [6.45, 7) is 0.852. The van der Waals surface area contributed by atoms with Gasteiger partial charge in [0, 0.05) is 13.1 Å². The number of aliphatic imine (C=N–C) groups is 1. The number of carbonyl (C=O) groups is 1. The van der Waals surface area contributed by atoms with E-state index in [4.69, 9.17) is 11.6 Å². The van der Waals surface area contributed by atoms with Crippen molar-refractivity contribution in [2.45, 2.75) is 44.4 Å². The van der Waals surface area contributed by atoms with Crippen molar-refractivity contribution >= 4 is 22.9 Å². The van der Waals surface area contributed by atoms with Gasteiger partial charge < -0.3 is 10.0 Å². The van der Waals surface area contributed by atoms with Gasteiger partial charge in [-0.05, 0) is 42.9 Å². The third-order valence-corrected chi connectivity index (χ3v) is 5.95. The minimum absolute atomic E-state index is 0.0537. The average molecular weight is 428 g/mol. The van der Waals surface area contributed by atoms with Crippen molar-refractivity contribution in [2.24, 2.45) is 10.9 Å². The molecule has 0 spiro atoms. The van der Waals surface area contributed by atoms with Crippen molar-refractivity contribution in [3.05, 3.63) is 46.8 Å². The Morgan fingerprint density at radius 3 is 2.45 bits per heavy atom. The monoisotopic (exact) mass is 427 g/mol. The third-order valence-electron chi connectivity index (χ3n) is 5.67. The second-order valence-electron chi connectivity index (χ2n) is 7.70. The molecule has 1 unspecified atom stereocenters. The molecule has 4 rings (SSSR count). The number of halogens is 4. The maximum absolute atomic E-state index is 12.7. The number of hydrogen-bond acceptors (Lipinski definition) is 3. The predicted octanol–water partition coefficient (Wildman–Crippen LogP) is 4.92. The first-order valence-electron chi connectivity index (χ1n) is 9.64. The number of allylic oxidation sites excluding steroid dienone is 2. The molecule has 1 saturated carbocycles. The van der Waals surface area contributed by atoms with Crippen LogP contribution in [0.2, 0.25) is 0 Å². The summed E-state index contributed by atoms with van der Waals surface area (Å²) >= 11 is 6.41. The molecule has 2 aliphatic heterocycles. The van der Waals surface area contributed by atoms with Crippen LogP contribution >= 0.6 is 11.6 Å². The van der Waals surface area contributed by atoms with Gasteiger partial charge in [0.25, 0.3) is 0 Å². The van der Waals surface area contributed by atoms with E-state index in [-0.39, 0.29) is 6.17 Å². The lowest BCUT2D eigenvalue weighted by atomic mass is 10.0. The molecular weight excluding hydrogens is 407 g/mol. The molecule has 3 aliphatic rings. The molecule has 0 aromatic heterocycles. The number of benzene rings is 1. The Hall–Kier alpha value is -2.22. The van der Waals surface area contributed by atoms with Crippen molar-refractivity contribution < 1.29 is 23.1 Å². The number of fused-ring (bicyclic) bond motifs is 1. The second kappa shape index (κ2) is 7.55. The van der Waals surface area contributed by atoms with Crippen molar-refractivity contribution in [3.63, 3.8) is 0 Å². The molecule has 1 atom stereocenters. The summed E-state index contributed by atoms with van der Waals surface area (Å²) < 4.78 is 38.2. The first-order valence-corrected chi connectivity index (χ1v) is 10.0. The van der Waals surface area contributed by atoms with Crippen molar-refractivity contribution in [3.8, 4) is 0 Å². The molecular formula is C20H21ClF3N3O2. The van der Waals surface area contributed by atoms with Crippen molar-refractivity contribution in [1.82, 2.24) is 9.80 Å². The van der Waals surface area contributed by atoms with Crippen LogP contribution in [0.4, 0.5) is 18.0 Å². The fourth-order valence-electron chi connectivity index (χ4n) is 3.96. The third kappa shape index (κ3) is 4.22. The first-order chi connectivity index (χ1) is 13.7. The fraction of sp³-hybridized carbons (Fsp3) is 0.500. The maximum atomic E-state index is 12.7. The van der Waals surface area contributed by atoms with Crippen LogP contribution < -0.4 is 0 Å². The van der Waals surface area contributed by atoms with Gasteiger partial charge >= 0.3 is 12.3 Å². The van der Waals surface area contributed by atoms with E-state index in [0.29, 0.717) is 54.0 Å². The zero-order valence-electron chi connectivity index (χ0n) is 15.6. The first kappa shape index (κ1) is 20.1. The number of hydrogen-bond donors (Lipinski definition) is 1. The van der Waals surface area contributed by atoms with Gasteiger partial charge in [-0.15, -0.1) is 0 Å². The molecule has 0 bridgehead atoms. The number of carboxylic acid groups (broad SMARTS) is 1. The quantitative estimate of drug-likeness (QED) is 0.725. The normalized spacial score (nSPS) is 22.1. The SMILES string of the molecule is O=C(O)N1CCN2C(=C1CCc1ccc(C(F)(F)F)cc1)C(Cl)=NC2CC1CC1. The minimum atomic E-state index is -4.38. The van der Waals surface area contributed by atoms with Crippen LogP contribution in [0, 0.1) is 5.92 Å². The van der Waals surface area contributed by atoms with E-state index in [1.807, 2.05) is 0 Å². The maximum Gasteiger partial charge on any atom is 0.416 e. The summed E-state index contributed by atoms with van der Waals surface area (Å²) in [4.78, 5) is 19.7. The van der Waals surface area contributed by atoms with Crippen LogP contribution in [-0.4, -0.2) is 45.4 Å². The molecule has 1 N–H and O–H groups in total. The van der Waals surface area contributed by atoms with Gasteiger partial charge in [-0.25, -0.2) is 9.79 Å². The largest absolute Gasteiger partial charge is 0.465 e. The van der Waals surface area contributed by atoms with Crippen molar-refractivity contribution in [2.75, 3.05) is 13.1 Å². The van der Waals surface area contributed by atoms with Crippen LogP contribution in [0.15, 0.2) is 40.7 Å². The zero-order chi connectivity index (χ0) is 20.8. The highest BCUT2D eigenvalue weighted by molar-refractivity contribution is 6.69. The Labute approximate surface area is 171 Å². The van der Waals surface area contributed by atoms with Crippen LogP contribution in [0.1, 0.15) is 36.8 Å². The Kier molecular flexibility index (Phi) is 5.23. The zero-order valence-corrected chi connectivity index (χ0v) is 16.4. The molecule has 5 nitrogen and oxygen atoms in total. The molecule has 156 valence electrons. The summed E-state index contributed by atoms with van der Waals surface area (Å²) in [6.07, 6.45) is -1.43. The summed E-state index contributed by atoms with van der Waals surface area (Å²) in [5, 5.41) is 9.95. The molecule has 0 saturated heterocycles. The van der Waals surface area contributed by atoms with Crippen LogP contribution in [0.5, 0.6) is 0 Å². The standard InChI is InChI=1S/C20H21ClF3N3O2/c21-18-17-15(8-5-12-3-6-14(7-4-12)20(22,23)24)26(19(28)29)9-10-27(17)16(25-18)11-13-1-2-13/h3-4,6-7,13,16H,1-2,5,8-11H2,(H,28,29). The lowest BCUT2D eigenvalue weighted by Crippen LogP contribution is -2.46. The van der Waals surface area contributed by atoms with E-state index in [2.05, 4.69) is 9.89 Å². The van der Waals surface area contributed by atoms with E-state index < -0.39 is 17.8 Å². The molecule has 9 heteroatoms. The molecule has 1 amide bonds. The molecule has 1 fully saturated rings. The molecule has 2 heterocycles. The van der Waals surface area contributed by atoms with Gasteiger partial charge in [0.1, 0.15) is 6.17 Å². The van der Waals surface area contributed by atoms with Gasteiger partial charge in [-0.1, -0.05) is 36.6 Å². The lowest BCUT2D eigenvalue weighted by Gasteiger charge is -2.37. The van der Waals surface area contributed by atoms with E-state index in [1.165, 1.54) is 29.9 Å². The van der Waals surface area contributed by atoms with Crippen LogP contribution in [-0.2, 0) is 12.6 Å². The van der Waals surface area contributed by atoms with Crippen molar-refractivity contribution in [1.29, 1.82) is 0 Å². The Morgan fingerprint density at radius 1 is 1.17 bits per heavy atom. The molecule has 1 aliphatic carbocycles. The number of alkyl halides is 3. The van der Waals surface area contributed by atoms with Gasteiger partial charge in [0.2, 0.25) is 0 Å². The fourth-order valence-corrected chi connectivity index (χ4v) is 4.29. The second-order valence-corrected chi connectivity index (χ2v) is 8.06. The molecule has 0 radical (unpaired) electrons. The van der Waals surface area contributed by atoms with E-state index >= 15 is 0 Å². The summed E-state index contributed by atoms with van der Waals surface area (Å²) in [6, 6.07) is 4.95. The van der Waals surface area contributed by atoms with E-state index in [0.717, 1.165) is 18.6 Å². The molecule has 1 aromatic carbocycles. The van der Waals surface area contributed by atoms with E-state index in [9.17, 15) is 23.1 Å². The topological polar surface area (TPSA) is 56.1 Å². The summed E-state index contributed by atoms with van der Waals surface area (Å²) in [7, 11) is 0. The van der Waals surface area contributed by atoms with E-state index in [1.54, 1.807) is 0 Å². The Morgan fingerprint density at radius 2 is 1.86 bits per heavy atom. The number of rotatable bonds is 5. The Balaban J connectivity index is 1.56. The predicted molar refractivity (Wildman–Crippen MR) is 103 cm³/mol. The van der Waals surface area contributed by atoms with Gasteiger partial charge in [-0.3, -0.25) is 4.90 Å². The lowest BCUT2D eigenvalue weighted by molar-refractivity contribution is -0.137. The molecule has 29 heavy (non-hydrogen) atoms. The Bertz CT molecular complexity index is 863. The van der Waals surface area contributed by atoms with Gasteiger partial charge in [-0.2, -0.15) is 13.2 Å². The highest BCUT2D eigenvalue weighted by atomic mass is 35.5. The summed E-state index contributed by atoms with van der Waals surface area (Å²) in [5.74, 6) is 0.653. The van der Waals surface area contributed by atoms with Gasteiger partial charge in [0.05, 0.1) is 17.0 Å². The average Bonchev–Trinajstić information content (AvgIpc) is 3.42. The van der Waals surface area contributed by atoms with Crippen LogP contribution in [0.3, 0.4) is 0 Å².